The molecule has 130 valence electrons. The van der Waals surface area contributed by atoms with Crippen molar-refractivity contribution in [3.63, 3.8) is 0 Å². The highest BCUT2D eigenvalue weighted by molar-refractivity contribution is 5.74. The maximum absolute atomic E-state index is 12.5. The molecule has 1 aromatic rings. The molecule has 2 amide bonds. The summed E-state index contributed by atoms with van der Waals surface area (Å²) in [7, 11) is 0. The third kappa shape index (κ3) is 5.23. The second kappa shape index (κ2) is 8.34. The average Bonchev–Trinajstić information content (AvgIpc) is 2.83. The van der Waals surface area contributed by atoms with E-state index in [1.807, 2.05) is 37.3 Å². The molecular weight excluding hydrogens is 292 g/mol. The van der Waals surface area contributed by atoms with Gasteiger partial charge in [-0.1, -0.05) is 0 Å². The predicted octanol–water partition coefficient (Wildman–Crippen LogP) is 2.35. The predicted molar refractivity (Wildman–Crippen MR) is 90.5 cm³/mol. The van der Waals surface area contributed by atoms with Crippen LogP contribution in [0.3, 0.4) is 0 Å². The van der Waals surface area contributed by atoms with Gasteiger partial charge in [0.25, 0.3) is 0 Å². The Kier molecular flexibility index (Phi) is 6.45. The van der Waals surface area contributed by atoms with Gasteiger partial charge >= 0.3 is 6.03 Å². The lowest BCUT2D eigenvalue weighted by molar-refractivity contribution is 0.0751. The average molecular weight is 322 g/mol. The number of aromatic nitrogens is 2. The smallest absolute Gasteiger partial charge is 0.317 e. The van der Waals surface area contributed by atoms with Crippen molar-refractivity contribution in [3.05, 3.63) is 17.5 Å². The van der Waals surface area contributed by atoms with Crippen LogP contribution in [0.25, 0.3) is 0 Å². The van der Waals surface area contributed by atoms with E-state index in [0.29, 0.717) is 12.5 Å². The van der Waals surface area contributed by atoms with Crippen LogP contribution in [0.1, 0.15) is 38.1 Å². The van der Waals surface area contributed by atoms with Gasteiger partial charge in [-0.15, -0.1) is 0 Å². The van der Waals surface area contributed by atoms with Crippen LogP contribution in [0.5, 0.6) is 0 Å². The van der Waals surface area contributed by atoms with Gasteiger partial charge < -0.3 is 15.0 Å². The molecule has 6 nitrogen and oxygen atoms in total. The Bertz CT molecular complexity index is 515. The van der Waals surface area contributed by atoms with E-state index in [1.165, 1.54) is 0 Å². The highest BCUT2D eigenvalue weighted by atomic mass is 16.5. The van der Waals surface area contributed by atoms with Crippen LogP contribution in [-0.4, -0.2) is 53.1 Å². The molecule has 0 aromatic carbocycles. The zero-order valence-electron chi connectivity index (χ0n) is 14.8. The molecule has 1 N–H and O–H groups in total. The maximum Gasteiger partial charge on any atom is 0.317 e. The van der Waals surface area contributed by atoms with Gasteiger partial charge in [-0.25, -0.2) is 4.79 Å². The molecule has 1 saturated heterocycles. The highest BCUT2D eigenvalue weighted by Gasteiger charge is 2.24. The van der Waals surface area contributed by atoms with Gasteiger partial charge in [-0.3, -0.25) is 4.68 Å². The van der Waals surface area contributed by atoms with E-state index in [9.17, 15) is 4.79 Å². The van der Waals surface area contributed by atoms with E-state index in [2.05, 4.69) is 16.5 Å². The molecule has 0 unspecified atom stereocenters. The van der Waals surface area contributed by atoms with Crippen molar-refractivity contribution in [3.8, 4) is 0 Å². The molecule has 2 rings (SSSR count). The Labute approximate surface area is 139 Å². The monoisotopic (exact) mass is 322 g/mol. The van der Waals surface area contributed by atoms with Crippen LogP contribution in [0.2, 0.25) is 0 Å². The minimum Gasteiger partial charge on any atom is -0.381 e. The van der Waals surface area contributed by atoms with Crippen molar-refractivity contribution < 1.29 is 9.53 Å². The van der Waals surface area contributed by atoms with Crippen molar-refractivity contribution in [2.45, 2.75) is 53.1 Å². The second-order valence-electron chi connectivity index (χ2n) is 6.57. The number of amides is 2. The number of ether oxygens (including phenoxy) is 1. The molecule has 0 spiro atoms. The van der Waals surface area contributed by atoms with Crippen molar-refractivity contribution >= 4 is 6.03 Å². The number of urea groups is 1. The van der Waals surface area contributed by atoms with E-state index in [4.69, 9.17) is 4.74 Å². The number of likely N-dealkylation sites (tertiary alicyclic amines) is 1. The first-order valence-electron chi connectivity index (χ1n) is 8.63. The number of carbonyl (C=O) groups excluding carboxylic acids is 1. The number of piperidine rings is 1. The van der Waals surface area contributed by atoms with Crippen LogP contribution >= 0.6 is 0 Å². The first-order valence-corrected chi connectivity index (χ1v) is 8.63. The number of carbonyl (C=O) groups is 1. The van der Waals surface area contributed by atoms with Crippen LogP contribution in [0.4, 0.5) is 4.79 Å². The summed E-state index contributed by atoms with van der Waals surface area (Å²) in [6.45, 7) is 11.9. The standard InChI is InChI=1S/C17H30N4O2/c1-5-23-12-16-7-6-8-20(11-16)17(22)18-14(3)10-21-15(4)9-13(2)19-21/h9,14,16H,5-8,10-12H2,1-4H3,(H,18,22)/t14-,16-/m0/s1. The van der Waals surface area contributed by atoms with Gasteiger partial charge in [0.2, 0.25) is 0 Å². The van der Waals surface area contributed by atoms with E-state index >= 15 is 0 Å². The summed E-state index contributed by atoms with van der Waals surface area (Å²) in [6, 6.07) is 2.13. The van der Waals surface area contributed by atoms with Crippen LogP contribution in [-0.2, 0) is 11.3 Å². The summed E-state index contributed by atoms with van der Waals surface area (Å²) in [4.78, 5) is 14.4. The lowest BCUT2D eigenvalue weighted by atomic mass is 9.99. The van der Waals surface area contributed by atoms with Crippen molar-refractivity contribution in [2.24, 2.45) is 5.92 Å². The molecule has 0 radical (unpaired) electrons. The van der Waals surface area contributed by atoms with Gasteiger partial charge in [-0.2, -0.15) is 5.10 Å². The van der Waals surface area contributed by atoms with Crippen molar-refractivity contribution in [1.82, 2.24) is 20.0 Å². The van der Waals surface area contributed by atoms with Crippen LogP contribution in [0, 0.1) is 19.8 Å². The summed E-state index contributed by atoms with van der Waals surface area (Å²) in [5.74, 6) is 0.459. The Morgan fingerprint density at radius 3 is 2.96 bits per heavy atom. The molecule has 0 aliphatic carbocycles. The molecule has 0 bridgehead atoms. The second-order valence-corrected chi connectivity index (χ2v) is 6.57. The Balaban J connectivity index is 1.82. The van der Waals surface area contributed by atoms with Gasteiger partial charge in [-0.05, 0) is 46.6 Å². The minimum absolute atomic E-state index is 0.0280. The fourth-order valence-electron chi connectivity index (χ4n) is 3.14. The third-order valence-corrected chi connectivity index (χ3v) is 4.28. The summed E-state index contributed by atoms with van der Waals surface area (Å²) in [6.07, 6.45) is 2.20. The number of hydrogen-bond donors (Lipinski definition) is 1. The number of nitrogens with zero attached hydrogens (tertiary/aromatic N) is 3. The van der Waals surface area contributed by atoms with E-state index in [0.717, 1.165) is 50.5 Å². The largest absolute Gasteiger partial charge is 0.381 e. The minimum atomic E-state index is 0.0280. The number of nitrogens with one attached hydrogen (secondary N) is 1. The quantitative estimate of drug-likeness (QED) is 0.874. The van der Waals surface area contributed by atoms with Gasteiger partial charge in [0, 0.05) is 37.4 Å². The molecule has 1 aliphatic heterocycles. The SMILES string of the molecule is CCOC[C@H]1CCCN(C(=O)N[C@@H](C)Cn2nc(C)cc2C)C1. The van der Waals surface area contributed by atoms with Gasteiger partial charge in [0.15, 0.2) is 0 Å². The maximum atomic E-state index is 12.5. The number of rotatable bonds is 6. The fraction of sp³-hybridized carbons (Fsp3) is 0.765. The topological polar surface area (TPSA) is 59.4 Å². The van der Waals surface area contributed by atoms with E-state index in [-0.39, 0.29) is 12.1 Å². The number of hydrogen-bond acceptors (Lipinski definition) is 3. The lowest BCUT2D eigenvalue weighted by Crippen LogP contribution is -2.49. The lowest BCUT2D eigenvalue weighted by Gasteiger charge is -2.33. The Morgan fingerprint density at radius 1 is 1.52 bits per heavy atom. The zero-order valence-corrected chi connectivity index (χ0v) is 14.8. The summed E-state index contributed by atoms with van der Waals surface area (Å²) < 4.78 is 7.46. The molecular formula is C17H30N4O2. The molecule has 6 heteroatoms. The zero-order chi connectivity index (χ0) is 16.8. The van der Waals surface area contributed by atoms with Crippen molar-refractivity contribution in [1.29, 1.82) is 0 Å². The summed E-state index contributed by atoms with van der Waals surface area (Å²) in [5, 5.41) is 7.55. The molecule has 1 aliphatic rings. The van der Waals surface area contributed by atoms with E-state index in [1.54, 1.807) is 0 Å². The van der Waals surface area contributed by atoms with Crippen LogP contribution in [0.15, 0.2) is 6.07 Å². The van der Waals surface area contributed by atoms with Gasteiger partial charge in [0.1, 0.15) is 0 Å². The Morgan fingerprint density at radius 2 is 2.30 bits per heavy atom. The highest BCUT2D eigenvalue weighted by Crippen LogP contribution is 2.17. The molecule has 0 saturated carbocycles. The third-order valence-electron chi connectivity index (χ3n) is 4.28. The fourth-order valence-corrected chi connectivity index (χ4v) is 3.14. The molecule has 1 fully saturated rings. The van der Waals surface area contributed by atoms with Gasteiger partial charge in [0.05, 0.1) is 18.8 Å². The van der Waals surface area contributed by atoms with Crippen molar-refractivity contribution in [2.75, 3.05) is 26.3 Å². The molecule has 1 aromatic heterocycles. The van der Waals surface area contributed by atoms with E-state index < -0.39 is 0 Å². The summed E-state index contributed by atoms with van der Waals surface area (Å²) in [5.41, 5.74) is 2.13. The number of aryl methyl sites for hydroxylation is 2. The normalized spacial score (nSPS) is 19.7. The van der Waals surface area contributed by atoms with Crippen LogP contribution < -0.4 is 5.32 Å². The first kappa shape index (κ1) is 17.8. The Hall–Kier alpha value is -1.56. The molecule has 2 heterocycles. The first-order chi connectivity index (χ1) is 11.0. The molecule has 2 atom stereocenters. The summed E-state index contributed by atoms with van der Waals surface area (Å²) >= 11 is 0. The molecule has 23 heavy (non-hydrogen) atoms.